The predicted octanol–water partition coefficient (Wildman–Crippen LogP) is 6.95. The molecule has 0 bridgehead atoms. The summed E-state index contributed by atoms with van der Waals surface area (Å²) in [6.07, 6.45) is 2.58. The van der Waals surface area contributed by atoms with Crippen LogP contribution in [0.15, 0.2) is 84.9 Å². The van der Waals surface area contributed by atoms with E-state index < -0.39 is 5.60 Å². The van der Waals surface area contributed by atoms with Gasteiger partial charge in [-0.2, -0.15) is 0 Å². The highest BCUT2D eigenvalue weighted by molar-refractivity contribution is 5.79. The van der Waals surface area contributed by atoms with Crippen LogP contribution in [0.5, 0.6) is 11.5 Å². The number of benzene rings is 3. The smallest absolute Gasteiger partial charge is 0.350 e. The number of hydrogen-bond acceptors (Lipinski definition) is 4. The third-order valence-electron chi connectivity index (χ3n) is 5.64. The van der Waals surface area contributed by atoms with Crippen LogP contribution in [0.1, 0.15) is 39.7 Å². The normalized spacial score (nSPS) is 13.2. The van der Waals surface area contributed by atoms with Crippen LogP contribution in [0.25, 0.3) is 16.7 Å². The molecule has 0 radical (unpaired) electrons. The molecular formula is C29H32O4. The molecule has 33 heavy (non-hydrogen) atoms. The summed E-state index contributed by atoms with van der Waals surface area (Å²) in [5, 5.41) is 0. The van der Waals surface area contributed by atoms with Gasteiger partial charge < -0.3 is 14.2 Å². The Morgan fingerprint density at radius 2 is 1.45 bits per heavy atom. The van der Waals surface area contributed by atoms with Crippen LogP contribution < -0.4 is 9.47 Å². The first kappa shape index (κ1) is 24.1. The van der Waals surface area contributed by atoms with Crippen molar-refractivity contribution in [3.63, 3.8) is 0 Å². The zero-order valence-electron chi connectivity index (χ0n) is 19.8. The first-order chi connectivity index (χ1) is 15.9. The molecule has 0 aliphatic rings. The lowest BCUT2D eigenvalue weighted by molar-refractivity contribution is -0.160. The second-order valence-corrected chi connectivity index (χ2v) is 8.02. The summed E-state index contributed by atoms with van der Waals surface area (Å²) >= 11 is 0. The van der Waals surface area contributed by atoms with E-state index in [0.29, 0.717) is 25.4 Å². The van der Waals surface area contributed by atoms with Gasteiger partial charge in [0.25, 0.3) is 0 Å². The van der Waals surface area contributed by atoms with Crippen molar-refractivity contribution in [2.45, 2.75) is 39.7 Å². The summed E-state index contributed by atoms with van der Waals surface area (Å²) in [6.45, 7) is 8.30. The van der Waals surface area contributed by atoms with Gasteiger partial charge in [-0.05, 0) is 79.8 Å². The van der Waals surface area contributed by atoms with E-state index in [1.165, 1.54) is 16.7 Å². The van der Waals surface area contributed by atoms with E-state index in [-0.39, 0.29) is 5.97 Å². The van der Waals surface area contributed by atoms with Crippen LogP contribution in [0.4, 0.5) is 0 Å². The van der Waals surface area contributed by atoms with Crippen molar-refractivity contribution in [3.8, 4) is 22.6 Å². The third-order valence-corrected chi connectivity index (χ3v) is 5.64. The minimum absolute atomic E-state index is 0.328. The Morgan fingerprint density at radius 1 is 0.848 bits per heavy atom. The predicted molar refractivity (Wildman–Crippen MR) is 133 cm³/mol. The minimum Gasteiger partial charge on any atom is -0.490 e. The second kappa shape index (κ2) is 11.4. The van der Waals surface area contributed by atoms with Gasteiger partial charge in [-0.3, -0.25) is 0 Å². The van der Waals surface area contributed by atoms with E-state index in [1.807, 2.05) is 37.3 Å². The summed E-state index contributed by atoms with van der Waals surface area (Å²) in [4.78, 5) is 12.2. The number of esters is 1. The highest BCUT2D eigenvalue weighted by Crippen LogP contribution is 2.26. The standard InChI is InChI=1S/C29H32O4/c1-5-29(4,28(30)31-6-2)33-27-18-16-26(17-19-27)32-21-20-22(3)23-12-14-25(15-13-23)24-10-8-7-9-11-24/h7-20H,5-6,21H2,1-4H3/b22-20+. The second-order valence-electron chi connectivity index (χ2n) is 8.02. The van der Waals surface area contributed by atoms with Crippen molar-refractivity contribution in [3.05, 3.63) is 90.5 Å². The van der Waals surface area contributed by atoms with Crippen molar-refractivity contribution in [1.29, 1.82) is 0 Å². The highest BCUT2D eigenvalue weighted by atomic mass is 16.6. The highest BCUT2D eigenvalue weighted by Gasteiger charge is 2.35. The fourth-order valence-electron chi connectivity index (χ4n) is 3.34. The van der Waals surface area contributed by atoms with Crippen LogP contribution in [-0.2, 0) is 9.53 Å². The number of allylic oxidation sites excluding steroid dienone is 1. The molecule has 3 aromatic rings. The van der Waals surface area contributed by atoms with E-state index >= 15 is 0 Å². The van der Waals surface area contributed by atoms with Gasteiger partial charge in [0.15, 0.2) is 0 Å². The molecule has 0 aromatic heterocycles. The minimum atomic E-state index is -1.01. The number of carbonyl (C=O) groups excluding carboxylic acids is 1. The summed E-state index contributed by atoms with van der Waals surface area (Å²) < 4.78 is 16.9. The Balaban J connectivity index is 1.56. The van der Waals surface area contributed by atoms with Gasteiger partial charge in [0.1, 0.15) is 18.1 Å². The molecule has 1 atom stereocenters. The zero-order chi connectivity index (χ0) is 23.7. The molecule has 0 saturated carbocycles. The van der Waals surface area contributed by atoms with Gasteiger partial charge in [0.05, 0.1) is 6.61 Å². The Labute approximate surface area is 196 Å². The Bertz CT molecular complexity index is 1050. The van der Waals surface area contributed by atoms with Crippen LogP contribution in [-0.4, -0.2) is 24.8 Å². The van der Waals surface area contributed by atoms with Crippen molar-refractivity contribution >= 4 is 11.5 Å². The molecule has 1 unspecified atom stereocenters. The van der Waals surface area contributed by atoms with Crippen molar-refractivity contribution in [2.75, 3.05) is 13.2 Å². The van der Waals surface area contributed by atoms with Crippen molar-refractivity contribution in [2.24, 2.45) is 0 Å². The maximum absolute atomic E-state index is 12.2. The molecule has 0 aliphatic heterocycles. The number of ether oxygens (including phenoxy) is 3. The lowest BCUT2D eigenvalue weighted by Gasteiger charge is -2.27. The van der Waals surface area contributed by atoms with E-state index in [4.69, 9.17) is 14.2 Å². The number of rotatable bonds is 10. The lowest BCUT2D eigenvalue weighted by atomic mass is 10.0. The van der Waals surface area contributed by atoms with Gasteiger partial charge in [-0.25, -0.2) is 4.79 Å². The van der Waals surface area contributed by atoms with E-state index in [9.17, 15) is 4.79 Å². The maximum Gasteiger partial charge on any atom is 0.350 e. The molecule has 0 spiro atoms. The fraction of sp³-hybridized carbons (Fsp3) is 0.276. The molecule has 0 fully saturated rings. The van der Waals surface area contributed by atoms with Crippen LogP contribution in [0.2, 0.25) is 0 Å². The van der Waals surface area contributed by atoms with Crippen LogP contribution >= 0.6 is 0 Å². The molecule has 0 saturated heterocycles. The van der Waals surface area contributed by atoms with Gasteiger partial charge >= 0.3 is 5.97 Å². The molecule has 0 N–H and O–H groups in total. The summed E-state index contributed by atoms with van der Waals surface area (Å²) in [6, 6.07) is 26.2. The maximum atomic E-state index is 12.2. The summed E-state index contributed by atoms with van der Waals surface area (Å²) in [5.74, 6) is 0.982. The third kappa shape index (κ3) is 6.48. The lowest BCUT2D eigenvalue weighted by Crippen LogP contribution is -2.42. The molecule has 4 heteroatoms. The van der Waals surface area contributed by atoms with Gasteiger partial charge in [0, 0.05) is 0 Å². The fourth-order valence-corrected chi connectivity index (χ4v) is 3.34. The molecular weight excluding hydrogens is 412 g/mol. The first-order valence-electron chi connectivity index (χ1n) is 11.4. The summed E-state index contributed by atoms with van der Waals surface area (Å²) in [7, 11) is 0. The Kier molecular flexibility index (Phi) is 8.31. The topological polar surface area (TPSA) is 44.8 Å². The van der Waals surface area contributed by atoms with E-state index in [1.54, 1.807) is 26.0 Å². The van der Waals surface area contributed by atoms with Gasteiger partial charge in [-0.1, -0.05) is 61.5 Å². The van der Waals surface area contributed by atoms with Gasteiger partial charge in [-0.15, -0.1) is 0 Å². The SMILES string of the molecule is CCOC(=O)C(C)(CC)Oc1ccc(OC/C=C(\C)c2ccc(-c3ccccc3)cc2)cc1. The zero-order valence-corrected chi connectivity index (χ0v) is 19.8. The number of hydrogen-bond donors (Lipinski definition) is 0. The molecule has 0 aliphatic carbocycles. The van der Waals surface area contributed by atoms with E-state index in [0.717, 1.165) is 11.3 Å². The first-order valence-corrected chi connectivity index (χ1v) is 11.4. The summed E-state index contributed by atoms with van der Waals surface area (Å²) in [5.41, 5.74) is 3.73. The monoisotopic (exact) mass is 444 g/mol. The van der Waals surface area contributed by atoms with Crippen LogP contribution in [0.3, 0.4) is 0 Å². The molecule has 3 aromatic carbocycles. The quantitative estimate of drug-likeness (QED) is 0.318. The average Bonchev–Trinajstić information content (AvgIpc) is 2.85. The molecule has 4 nitrogen and oxygen atoms in total. The van der Waals surface area contributed by atoms with E-state index in [2.05, 4.69) is 49.4 Å². The average molecular weight is 445 g/mol. The molecule has 0 amide bonds. The molecule has 172 valence electrons. The van der Waals surface area contributed by atoms with Crippen molar-refractivity contribution in [1.82, 2.24) is 0 Å². The molecule has 0 heterocycles. The van der Waals surface area contributed by atoms with Gasteiger partial charge in [0.2, 0.25) is 5.60 Å². The molecule has 3 rings (SSSR count). The Morgan fingerprint density at radius 3 is 2.06 bits per heavy atom. The number of carbonyl (C=O) groups is 1. The van der Waals surface area contributed by atoms with Crippen LogP contribution in [0, 0.1) is 0 Å². The Hall–Kier alpha value is -3.53. The van der Waals surface area contributed by atoms with Crippen molar-refractivity contribution < 1.29 is 19.0 Å². The largest absolute Gasteiger partial charge is 0.490 e.